The van der Waals surface area contributed by atoms with E-state index in [1.165, 1.54) is 0 Å². The zero-order chi connectivity index (χ0) is 20.4. The van der Waals surface area contributed by atoms with Crippen LogP contribution in [0.15, 0.2) is 47.0 Å². The molecular formula is C21H19N3O5. The predicted molar refractivity (Wildman–Crippen MR) is 107 cm³/mol. The number of ether oxygens (including phenoxy) is 4. The number of methoxy groups -OCH3 is 4. The minimum Gasteiger partial charge on any atom is -0.493 e. The van der Waals surface area contributed by atoms with E-state index in [0.29, 0.717) is 46.0 Å². The monoisotopic (exact) mass is 393 g/mol. The first-order valence-electron chi connectivity index (χ1n) is 8.76. The summed E-state index contributed by atoms with van der Waals surface area (Å²) in [7, 11) is 6.20. The molecule has 0 radical (unpaired) electrons. The Hall–Kier alpha value is -3.81. The third-order valence-electron chi connectivity index (χ3n) is 4.46. The average Bonchev–Trinajstić information content (AvgIpc) is 3.27. The highest BCUT2D eigenvalue weighted by Gasteiger charge is 2.20. The molecule has 2 aromatic heterocycles. The van der Waals surface area contributed by atoms with E-state index < -0.39 is 0 Å². The summed E-state index contributed by atoms with van der Waals surface area (Å²) in [6, 6.07) is 13.2. The number of fused-ring (bicyclic) bond motifs is 1. The molecule has 0 bridgehead atoms. The van der Waals surface area contributed by atoms with Crippen molar-refractivity contribution in [2.75, 3.05) is 28.4 Å². The maximum absolute atomic E-state index is 5.49. The van der Waals surface area contributed by atoms with E-state index in [1.807, 2.05) is 30.3 Å². The van der Waals surface area contributed by atoms with E-state index in [2.05, 4.69) is 15.1 Å². The lowest BCUT2D eigenvalue weighted by atomic mass is 10.1. The highest BCUT2D eigenvalue weighted by molar-refractivity contribution is 5.85. The van der Waals surface area contributed by atoms with Gasteiger partial charge in [0.15, 0.2) is 11.5 Å². The Kier molecular flexibility index (Phi) is 4.90. The van der Waals surface area contributed by atoms with E-state index >= 15 is 0 Å². The normalized spacial score (nSPS) is 10.8. The maximum atomic E-state index is 5.49. The number of benzene rings is 2. The van der Waals surface area contributed by atoms with Gasteiger partial charge in [0, 0.05) is 10.9 Å². The van der Waals surface area contributed by atoms with Crippen molar-refractivity contribution in [3.05, 3.63) is 42.5 Å². The Morgan fingerprint density at radius 1 is 0.793 bits per heavy atom. The first-order valence-corrected chi connectivity index (χ1v) is 8.76. The number of aromatic nitrogens is 3. The molecule has 0 aliphatic rings. The van der Waals surface area contributed by atoms with E-state index in [9.17, 15) is 0 Å². The molecule has 0 aliphatic heterocycles. The van der Waals surface area contributed by atoms with Gasteiger partial charge in [-0.05, 0) is 24.3 Å². The minimum atomic E-state index is 0.300. The van der Waals surface area contributed by atoms with Gasteiger partial charge >= 0.3 is 0 Å². The van der Waals surface area contributed by atoms with Crippen LogP contribution in [0.2, 0.25) is 0 Å². The van der Waals surface area contributed by atoms with Crippen molar-refractivity contribution in [1.29, 1.82) is 0 Å². The molecule has 0 amide bonds. The van der Waals surface area contributed by atoms with Crippen LogP contribution in [-0.4, -0.2) is 43.6 Å². The van der Waals surface area contributed by atoms with Crippen molar-refractivity contribution in [2.45, 2.75) is 0 Å². The topological polar surface area (TPSA) is 88.7 Å². The van der Waals surface area contributed by atoms with Crippen molar-refractivity contribution in [3.63, 3.8) is 0 Å². The van der Waals surface area contributed by atoms with Gasteiger partial charge in [0.25, 0.3) is 5.89 Å². The van der Waals surface area contributed by atoms with Gasteiger partial charge in [-0.15, -0.1) is 0 Å². The first-order chi connectivity index (χ1) is 14.2. The summed E-state index contributed by atoms with van der Waals surface area (Å²) in [6.45, 7) is 0. The molecule has 0 N–H and O–H groups in total. The summed E-state index contributed by atoms with van der Waals surface area (Å²) in [5, 5.41) is 5.06. The van der Waals surface area contributed by atoms with E-state index in [0.717, 1.165) is 10.9 Å². The number of hydrogen-bond acceptors (Lipinski definition) is 8. The quantitative estimate of drug-likeness (QED) is 0.486. The van der Waals surface area contributed by atoms with Crippen molar-refractivity contribution < 1.29 is 23.5 Å². The van der Waals surface area contributed by atoms with E-state index in [-0.39, 0.29) is 0 Å². The predicted octanol–water partition coefficient (Wildman–Crippen LogP) is 3.99. The molecule has 2 aromatic carbocycles. The largest absolute Gasteiger partial charge is 0.493 e. The number of para-hydroxylation sites is 1. The fourth-order valence-corrected chi connectivity index (χ4v) is 3.07. The molecular weight excluding hydrogens is 374 g/mol. The van der Waals surface area contributed by atoms with E-state index in [1.54, 1.807) is 40.6 Å². The Labute approximate surface area is 167 Å². The molecule has 0 fully saturated rings. The van der Waals surface area contributed by atoms with Gasteiger partial charge in [-0.1, -0.05) is 23.4 Å². The second kappa shape index (κ2) is 7.67. The molecule has 4 rings (SSSR count). The highest BCUT2D eigenvalue weighted by atomic mass is 16.5. The first kappa shape index (κ1) is 18.5. The number of hydrogen-bond donors (Lipinski definition) is 0. The van der Waals surface area contributed by atoms with Gasteiger partial charge in [0.2, 0.25) is 17.5 Å². The summed E-state index contributed by atoms with van der Waals surface area (Å²) in [5.74, 6) is 2.55. The zero-order valence-corrected chi connectivity index (χ0v) is 16.4. The van der Waals surface area contributed by atoms with Gasteiger partial charge in [0.05, 0.1) is 39.5 Å². The smallest absolute Gasteiger partial charge is 0.258 e. The third-order valence-corrected chi connectivity index (χ3v) is 4.46. The second-order valence-corrected chi connectivity index (χ2v) is 6.08. The number of pyridine rings is 1. The number of nitrogens with zero attached hydrogens (tertiary/aromatic N) is 3. The highest BCUT2D eigenvalue weighted by Crippen LogP contribution is 2.41. The van der Waals surface area contributed by atoms with Crippen molar-refractivity contribution in [2.24, 2.45) is 0 Å². The van der Waals surface area contributed by atoms with Gasteiger partial charge in [0.1, 0.15) is 0 Å². The standard InChI is InChI=1S/C21H19N3O5/c1-25-16-10-13(11-17(26-2)18(16)27-3)20-23-19(24-29-20)14-9-12-7-5-6-8-15(12)22-21(14)28-4/h5-11H,1-4H3. The van der Waals surface area contributed by atoms with Gasteiger partial charge < -0.3 is 23.5 Å². The Morgan fingerprint density at radius 2 is 1.52 bits per heavy atom. The summed E-state index contributed by atoms with van der Waals surface area (Å²) in [4.78, 5) is 9.05. The fourth-order valence-electron chi connectivity index (χ4n) is 3.07. The van der Waals surface area contributed by atoms with Crippen LogP contribution in [0, 0.1) is 0 Å². The van der Waals surface area contributed by atoms with Crippen LogP contribution in [0.1, 0.15) is 0 Å². The van der Waals surface area contributed by atoms with Crippen LogP contribution in [0.25, 0.3) is 33.7 Å². The lowest BCUT2D eigenvalue weighted by Crippen LogP contribution is -1.96. The van der Waals surface area contributed by atoms with Gasteiger partial charge in [-0.3, -0.25) is 0 Å². The molecule has 8 nitrogen and oxygen atoms in total. The van der Waals surface area contributed by atoms with E-state index in [4.69, 9.17) is 23.5 Å². The van der Waals surface area contributed by atoms with Crippen LogP contribution in [0.5, 0.6) is 23.1 Å². The summed E-state index contributed by atoms with van der Waals surface area (Å²) in [6.07, 6.45) is 0. The second-order valence-electron chi connectivity index (χ2n) is 6.08. The molecule has 0 saturated heterocycles. The average molecular weight is 393 g/mol. The molecule has 0 aliphatic carbocycles. The Bertz CT molecular complexity index is 1150. The van der Waals surface area contributed by atoms with Crippen molar-refractivity contribution in [3.8, 4) is 46.0 Å². The van der Waals surface area contributed by atoms with Crippen LogP contribution in [-0.2, 0) is 0 Å². The lowest BCUT2D eigenvalue weighted by Gasteiger charge is -2.12. The van der Waals surface area contributed by atoms with Crippen molar-refractivity contribution in [1.82, 2.24) is 15.1 Å². The maximum Gasteiger partial charge on any atom is 0.258 e. The third kappa shape index (κ3) is 3.29. The Balaban J connectivity index is 1.81. The zero-order valence-electron chi connectivity index (χ0n) is 16.4. The molecule has 148 valence electrons. The Morgan fingerprint density at radius 3 is 2.17 bits per heavy atom. The molecule has 4 aromatic rings. The molecule has 8 heteroatoms. The molecule has 2 heterocycles. The van der Waals surface area contributed by atoms with Gasteiger partial charge in [-0.2, -0.15) is 4.98 Å². The SMILES string of the molecule is COc1cc(-c2nc(-c3cc4ccccc4nc3OC)no2)cc(OC)c1OC. The minimum absolute atomic E-state index is 0.300. The molecule has 0 unspecified atom stereocenters. The number of rotatable bonds is 6. The van der Waals surface area contributed by atoms with Crippen LogP contribution in [0.4, 0.5) is 0 Å². The van der Waals surface area contributed by atoms with Gasteiger partial charge in [-0.25, -0.2) is 4.98 Å². The van der Waals surface area contributed by atoms with Crippen molar-refractivity contribution >= 4 is 10.9 Å². The fraction of sp³-hybridized carbons (Fsp3) is 0.190. The van der Waals surface area contributed by atoms with Crippen LogP contribution in [0.3, 0.4) is 0 Å². The molecule has 0 spiro atoms. The molecule has 0 saturated carbocycles. The van der Waals surface area contributed by atoms with Crippen LogP contribution < -0.4 is 18.9 Å². The molecule has 29 heavy (non-hydrogen) atoms. The summed E-state index contributed by atoms with van der Waals surface area (Å²) >= 11 is 0. The lowest BCUT2D eigenvalue weighted by molar-refractivity contribution is 0.324. The summed E-state index contributed by atoms with van der Waals surface area (Å²) in [5.41, 5.74) is 2.08. The molecule has 0 atom stereocenters. The summed E-state index contributed by atoms with van der Waals surface area (Å²) < 4.78 is 27.1. The van der Waals surface area contributed by atoms with Crippen LogP contribution >= 0.6 is 0 Å².